The van der Waals surface area contributed by atoms with Gasteiger partial charge in [0.15, 0.2) is 0 Å². The molecule has 0 fully saturated rings. The first-order valence-electron chi connectivity index (χ1n) is 6.38. The second-order valence-corrected chi connectivity index (χ2v) is 4.77. The third-order valence-electron chi connectivity index (χ3n) is 2.90. The van der Waals surface area contributed by atoms with Gasteiger partial charge in [0.1, 0.15) is 0 Å². The molecule has 2 aromatic rings. The predicted octanol–water partition coefficient (Wildman–Crippen LogP) is 2.25. The van der Waals surface area contributed by atoms with Gasteiger partial charge in [-0.05, 0) is 25.1 Å². The van der Waals surface area contributed by atoms with E-state index in [1.165, 1.54) is 0 Å². The van der Waals surface area contributed by atoms with Gasteiger partial charge in [0.2, 0.25) is 0 Å². The van der Waals surface area contributed by atoms with E-state index in [1.807, 2.05) is 35.1 Å². The minimum atomic E-state index is -0.571. The van der Waals surface area contributed by atoms with E-state index in [9.17, 15) is 5.11 Å². The van der Waals surface area contributed by atoms with Gasteiger partial charge in [-0.2, -0.15) is 5.10 Å². The van der Waals surface area contributed by atoms with Crippen LogP contribution >= 0.6 is 11.6 Å². The second kappa shape index (κ2) is 7.28. The molecular weight excluding hydrogens is 262 g/mol. The first kappa shape index (κ1) is 14.1. The highest BCUT2D eigenvalue weighted by Gasteiger charge is 2.09. The maximum Gasteiger partial charge on any atom is 0.0928 e. The molecule has 0 aliphatic rings. The molecule has 2 rings (SSSR count). The van der Waals surface area contributed by atoms with E-state index in [0.717, 1.165) is 25.1 Å². The van der Waals surface area contributed by atoms with Crippen LogP contribution < -0.4 is 5.32 Å². The summed E-state index contributed by atoms with van der Waals surface area (Å²) < 4.78 is 1.90. The normalized spacial score (nSPS) is 12.5. The van der Waals surface area contributed by atoms with E-state index in [0.29, 0.717) is 11.6 Å². The topological polar surface area (TPSA) is 50.1 Å². The molecule has 0 aliphatic heterocycles. The average molecular weight is 280 g/mol. The van der Waals surface area contributed by atoms with Crippen molar-refractivity contribution in [2.45, 2.75) is 19.1 Å². The maximum atomic E-state index is 10.0. The molecule has 5 heteroatoms. The quantitative estimate of drug-likeness (QED) is 0.765. The predicted molar refractivity (Wildman–Crippen MR) is 76.1 cm³/mol. The Hall–Kier alpha value is -1.36. The Labute approximate surface area is 118 Å². The van der Waals surface area contributed by atoms with Gasteiger partial charge in [-0.1, -0.05) is 29.8 Å². The monoisotopic (exact) mass is 279 g/mol. The zero-order valence-electron chi connectivity index (χ0n) is 10.7. The van der Waals surface area contributed by atoms with Crippen LogP contribution in [-0.4, -0.2) is 28.0 Å². The number of aromatic nitrogens is 2. The minimum Gasteiger partial charge on any atom is -0.387 e. The molecular formula is C14H18ClN3O. The van der Waals surface area contributed by atoms with Crippen molar-refractivity contribution in [2.24, 2.45) is 0 Å². The number of hydrogen-bond donors (Lipinski definition) is 2. The summed E-state index contributed by atoms with van der Waals surface area (Å²) >= 11 is 6.03. The Kier molecular flexibility index (Phi) is 5.39. The Balaban J connectivity index is 1.67. The Morgan fingerprint density at radius 3 is 2.89 bits per heavy atom. The third kappa shape index (κ3) is 4.35. The second-order valence-electron chi connectivity index (χ2n) is 4.36. The average Bonchev–Trinajstić information content (AvgIpc) is 2.92. The lowest BCUT2D eigenvalue weighted by Gasteiger charge is -2.13. The zero-order chi connectivity index (χ0) is 13.5. The molecule has 1 aromatic carbocycles. The Bertz CT molecular complexity index is 487. The number of aliphatic hydroxyl groups excluding tert-OH is 1. The molecule has 0 amide bonds. The Morgan fingerprint density at radius 2 is 2.16 bits per heavy atom. The van der Waals surface area contributed by atoms with Gasteiger partial charge in [0.25, 0.3) is 0 Å². The van der Waals surface area contributed by atoms with Crippen molar-refractivity contribution in [2.75, 3.05) is 13.1 Å². The number of rotatable bonds is 7. The summed E-state index contributed by atoms with van der Waals surface area (Å²) in [5.41, 5.74) is 0.767. The highest BCUT2D eigenvalue weighted by molar-refractivity contribution is 6.31. The van der Waals surface area contributed by atoms with Crippen molar-refractivity contribution in [1.82, 2.24) is 15.1 Å². The molecule has 1 heterocycles. The summed E-state index contributed by atoms with van der Waals surface area (Å²) in [7, 11) is 0. The van der Waals surface area contributed by atoms with Crippen molar-refractivity contribution in [3.05, 3.63) is 53.3 Å². The summed E-state index contributed by atoms with van der Waals surface area (Å²) in [4.78, 5) is 0. The highest BCUT2D eigenvalue weighted by Crippen LogP contribution is 2.21. The Morgan fingerprint density at radius 1 is 1.32 bits per heavy atom. The van der Waals surface area contributed by atoms with Gasteiger partial charge in [0.05, 0.1) is 6.10 Å². The van der Waals surface area contributed by atoms with Crippen LogP contribution in [0.15, 0.2) is 42.7 Å². The van der Waals surface area contributed by atoms with Crippen LogP contribution in [0.4, 0.5) is 0 Å². The van der Waals surface area contributed by atoms with Crippen molar-refractivity contribution in [3.8, 4) is 0 Å². The molecule has 0 radical (unpaired) electrons. The lowest BCUT2D eigenvalue weighted by Crippen LogP contribution is -2.23. The van der Waals surface area contributed by atoms with Gasteiger partial charge >= 0.3 is 0 Å². The van der Waals surface area contributed by atoms with Gasteiger partial charge in [0, 0.05) is 36.1 Å². The van der Waals surface area contributed by atoms with Crippen molar-refractivity contribution < 1.29 is 5.11 Å². The fourth-order valence-electron chi connectivity index (χ4n) is 1.89. The first-order chi connectivity index (χ1) is 9.27. The molecule has 0 aliphatic carbocycles. The van der Waals surface area contributed by atoms with Crippen LogP contribution in [0.2, 0.25) is 5.02 Å². The number of nitrogens with one attached hydrogen (secondary N) is 1. The summed E-state index contributed by atoms with van der Waals surface area (Å²) in [6.45, 7) is 2.21. The smallest absolute Gasteiger partial charge is 0.0928 e. The van der Waals surface area contributed by atoms with Crippen LogP contribution in [0.25, 0.3) is 0 Å². The summed E-state index contributed by atoms with van der Waals surface area (Å²) in [5.74, 6) is 0. The summed E-state index contributed by atoms with van der Waals surface area (Å²) in [6, 6.07) is 9.28. The summed E-state index contributed by atoms with van der Waals surface area (Å²) in [5, 5.41) is 18.0. The molecule has 0 bridgehead atoms. The first-order valence-corrected chi connectivity index (χ1v) is 6.76. The van der Waals surface area contributed by atoms with Crippen molar-refractivity contribution in [3.63, 3.8) is 0 Å². The van der Waals surface area contributed by atoms with E-state index in [2.05, 4.69) is 10.4 Å². The molecule has 0 spiro atoms. The van der Waals surface area contributed by atoms with E-state index in [4.69, 9.17) is 11.6 Å². The molecule has 1 atom stereocenters. The molecule has 2 N–H and O–H groups in total. The maximum absolute atomic E-state index is 10.0. The molecule has 0 saturated carbocycles. The number of benzene rings is 1. The van der Waals surface area contributed by atoms with Crippen molar-refractivity contribution >= 4 is 11.6 Å². The summed E-state index contributed by atoms with van der Waals surface area (Å²) in [6.07, 6.45) is 4.11. The number of nitrogens with zero attached hydrogens (tertiary/aromatic N) is 2. The lowest BCUT2D eigenvalue weighted by atomic mass is 10.1. The van der Waals surface area contributed by atoms with Gasteiger partial charge in [-0.3, -0.25) is 4.68 Å². The van der Waals surface area contributed by atoms with E-state index in [-0.39, 0.29) is 0 Å². The van der Waals surface area contributed by atoms with Crippen LogP contribution in [0.3, 0.4) is 0 Å². The molecule has 0 saturated heterocycles. The molecule has 1 aromatic heterocycles. The molecule has 1 unspecified atom stereocenters. The van der Waals surface area contributed by atoms with Gasteiger partial charge in [-0.15, -0.1) is 0 Å². The van der Waals surface area contributed by atoms with Gasteiger partial charge < -0.3 is 10.4 Å². The van der Waals surface area contributed by atoms with Crippen LogP contribution in [0.1, 0.15) is 18.1 Å². The van der Waals surface area contributed by atoms with E-state index >= 15 is 0 Å². The number of halogens is 1. The number of aryl methyl sites for hydroxylation is 1. The van der Waals surface area contributed by atoms with Crippen LogP contribution in [0, 0.1) is 0 Å². The zero-order valence-corrected chi connectivity index (χ0v) is 11.4. The fraction of sp³-hybridized carbons (Fsp3) is 0.357. The third-order valence-corrected chi connectivity index (χ3v) is 3.25. The lowest BCUT2D eigenvalue weighted by molar-refractivity contribution is 0.174. The van der Waals surface area contributed by atoms with Crippen molar-refractivity contribution in [1.29, 1.82) is 0 Å². The standard InChI is InChI=1S/C14H18ClN3O/c15-13-6-2-1-5-12(13)14(19)11-16-7-3-9-18-10-4-8-17-18/h1-2,4-6,8,10,14,16,19H,3,7,9,11H2. The molecule has 4 nitrogen and oxygen atoms in total. The minimum absolute atomic E-state index is 0.503. The SMILES string of the molecule is OC(CNCCCn1cccn1)c1ccccc1Cl. The largest absolute Gasteiger partial charge is 0.387 e. The van der Waals surface area contributed by atoms with E-state index < -0.39 is 6.10 Å². The number of aliphatic hydroxyl groups is 1. The van der Waals surface area contributed by atoms with Crippen LogP contribution in [-0.2, 0) is 6.54 Å². The molecule has 19 heavy (non-hydrogen) atoms. The molecule has 102 valence electrons. The highest BCUT2D eigenvalue weighted by atomic mass is 35.5. The van der Waals surface area contributed by atoms with E-state index in [1.54, 1.807) is 12.3 Å². The fourth-order valence-corrected chi connectivity index (χ4v) is 2.15. The van der Waals surface area contributed by atoms with Gasteiger partial charge in [-0.25, -0.2) is 0 Å². The van der Waals surface area contributed by atoms with Crippen LogP contribution in [0.5, 0.6) is 0 Å². The number of hydrogen-bond acceptors (Lipinski definition) is 3.